The lowest BCUT2D eigenvalue weighted by Crippen LogP contribution is -2.30. The van der Waals surface area contributed by atoms with Gasteiger partial charge in [0.2, 0.25) is 0 Å². The Hall–Kier alpha value is -1.28. The van der Waals surface area contributed by atoms with Crippen molar-refractivity contribution in [2.75, 3.05) is 13.1 Å². The van der Waals surface area contributed by atoms with Crippen LogP contribution >= 0.6 is 0 Å². The van der Waals surface area contributed by atoms with Crippen LogP contribution < -0.4 is 0 Å². The summed E-state index contributed by atoms with van der Waals surface area (Å²) in [6.07, 6.45) is 5.00. The summed E-state index contributed by atoms with van der Waals surface area (Å²) in [4.78, 5) is 2.64. The van der Waals surface area contributed by atoms with Gasteiger partial charge in [-0.3, -0.25) is 4.90 Å². The summed E-state index contributed by atoms with van der Waals surface area (Å²) in [6.45, 7) is 2.46. The molecule has 1 fully saturated rings. The lowest BCUT2D eigenvalue weighted by atomic mass is 10.0. The van der Waals surface area contributed by atoms with Gasteiger partial charge in [-0.2, -0.15) is 0 Å². The van der Waals surface area contributed by atoms with Crippen LogP contribution in [0.2, 0.25) is 0 Å². The largest absolute Gasteiger partial charge is 0.461 e. The first kappa shape index (κ1) is 9.72. The Morgan fingerprint density at radius 2 is 2.12 bits per heavy atom. The van der Waals surface area contributed by atoms with Crippen LogP contribution in [0, 0.1) is 0 Å². The van der Waals surface area contributed by atoms with E-state index < -0.39 is 0 Å². The number of rotatable bonds is 0. The highest BCUT2D eigenvalue weighted by Gasteiger charge is 2.30. The van der Waals surface area contributed by atoms with Crippen LogP contribution in [0.3, 0.4) is 0 Å². The molecule has 2 aromatic rings. The molecule has 3 heterocycles. The minimum absolute atomic E-state index is 0.761. The van der Waals surface area contributed by atoms with E-state index in [2.05, 4.69) is 29.2 Å². The van der Waals surface area contributed by atoms with Gasteiger partial charge in [0.1, 0.15) is 11.3 Å². The molecule has 0 N–H and O–H groups in total. The molecule has 1 atom stereocenters. The van der Waals surface area contributed by atoms with Gasteiger partial charge < -0.3 is 4.42 Å². The summed E-state index contributed by atoms with van der Waals surface area (Å²) in [5, 5.41) is 1.34. The fourth-order valence-corrected chi connectivity index (χ4v) is 3.48. The fraction of sp³-hybridized carbons (Fsp3) is 0.467. The van der Waals surface area contributed by atoms with Crippen molar-refractivity contribution in [1.82, 2.24) is 4.90 Å². The van der Waals surface area contributed by atoms with E-state index in [1.54, 1.807) is 0 Å². The maximum Gasteiger partial charge on any atom is 0.134 e. The smallest absolute Gasteiger partial charge is 0.134 e. The molecule has 2 nitrogen and oxygen atoms in total. The Bertz CT molecular complexity index is 557. The van der Waals surface area contributed by atoms with E-state index in [1.165, 1.54) is 49.1 Å². The number of benzene rings is 1. The summed E-state index contributed by atoms with van der Waals surface area (Å²) in [5.41, 5.74) is 2.55. The second kappa shape index (κ2) is 3.61. The number of nitrogens with zero attached hydrogens (tertiary/aromatic N) is 1. The standard InChI is InChI=1S/C15H17NO/c1-2-6-14-12(5-1)13-10-11-4-3-8-16(11)9-7-15(13)17-14/h1-2,5-6,11H,3-4,7-10H2. The molecule has 1 saturated heterocycles. The van der Waals surface area contributed by atoms with Gasteiger partial charge in [-0.05, 0) is 31.9 Å². The Morgan fingerprint density at radius 3 is 3.12 bits per heavy atom. The highest BCUT2D eigenvalue weighted by molar-refractivity contribution is 5.82. The molecular weight excluding hydrogens is 210 g/mol. The molecule has 1 aromatic carbocycles. The fourth-order valence-electron chi connectivity index (χ4n) is 3.48. The van der Waals surface area contributed by atoms with E-state index in [0.717, 1.165) is 18.0 Å². The minimum Gasteiger partial charge on any atom is -0.461 e. The molecule has 1 aromatic heterocycles. The molecule has 2 aliphatic heterocycles. The zero-order valence-corrected chi connectivity index (χ0v) is 9.98. The van der Waals surface area contributed by atoms with Crippen LogP contribution in [-0.2, 0) is 12.8 Å². The highest BCUT2D eigenvalue weighted by atomic mass is 16.3. The first-order chi connectivity index (χ1) is 8.42. The molecule has 17 heavy (non-hydrogen) atoms. The Balaban J connectivity index is 1.84. The quantitative estimate of drug-likeness (QED) is 0.688. The normalized spacial score (nSPS) is 24.6. The average Bonchev–Trinajstić information content (AvgIpc) is 2.90. The first-order valence-corrected chi connectivity index (χ1v) is 6.65. The molecule has 4 rings (SSSR count). The van der Waals surface area contributed by atoms with Crippen molar-refractivity contribution < 1.29 is 4.42 Å². The number of para-hydroxylation sites is 1. The topological polar surface area (TPSA) is 16.4 Å². The van der Waals surface area contributed by atoms with E-state index in [1.807, 2.05) is 0 Å². The molecule has 2 aliphatic rings. The van der Waals surface area contributed by atoms with Crippen LogP contribution in [0.25, 0.3) is 11.0 Å². The number of fused-ring (bicyclic) bond motifs is 4. The van der Waals surface area contributed by atoms with Crippen molar-refractivity contribution in [2.24, 2.45) is 0 Å². The maximum absolute atomic E-state index is 6.01. The van der Waals surface area contributed by atoms with Crippen molar-refractivity contribution in [2.45, 2.75) is 31.7 Å². The first-order valence-electron chi connectivity index (χ1n) is 6.65. The van der Waals surface area contributed by atoms with Gasteiger partial charge in [0.25, 0.3) is 0 Å². The summed E-state index contributed by atoms with van der Waals surface area (Å²) in [6, 6.07) is 9.25. The van der Waals surface area contributed by atoms with Crippen LogP contribution in [0.5, 0.6) is 0 Å². The average molecular weight is 227 g/mol. The predicted octanol–water partition coefficient (Wildman–Crippen LogP) is 3.00. The van der Waals surface area contributed by atoms with Crippen molar-refractivity contribution >= 4 is 11.0 Å². The van der Waals surface area contributed by atoms with Crippen molar-refractivity contribution in [3.63, 3.8) is 0 Å². The van der Waals surface area contributed by atoms with Gasteiger partial charge in [-0.1, -0.05) is 18.2 Å². The van der Waals surface area contributed by atoms with Crippen LogP contribution in [0.1, 0.15) is 24.2 Å². The summed E-state index contributed by atoms with van der Waals surface area (Å²) >= 11 is 0. The van der Waals surface area contributed by atoms with Gasteiger partial charge in [-0.25, -0.2) is 0 Å². The van der Waals surface area contributed by atoms with Gasteiger partial charge in [0.15, 0.2) is 0 Å². The van der Waals surface area contributed by atoms with Gasteiger partial charge in [0.05, 0.1) is 0 Å². The van der Waals surface area contributed by atoms with Gasteiger partial charge in [0, 0.05) is 30.0 Å². The lowest BCUT2D eigenvalue weighted by Gasteiger charge is -2.20. The van der Waals surface area contributed by atoms with Crippen LogP contribution in [-0.4, -0.2) is 24.0 Å². The molecule has 0 radical (unpaired) electrons. The SMILES string of the molecule is c1ccc2c3c(oc2c1)CCN1CCCC1C3. The van der Waals surface area contributed by atoms with E-state index >= 15 is 0 Å². The van der Waals surface area contributed by atoms with Crippen molar-refractivity contribution in [3.8, 4) is 0 Å². The molecule has 2 heteroatoms. The zero-order valence-electron chi connectivity index (χ0n) is 9.98. The number of hydrogen-bond donors (Lipinski definition) is 0. The third-order valence-electron chi connectivity index (χ3n) is 4.35. The molecule has 1 unspecified atom stereocenters. The molecule has 88 valence electrons. The lowest BCUT2D eigenvalue weighted by molar-refractivity contribution is 0.261. The molecule has 0 amide bonds. The highest BCUT2D eigenvalue weighted by Crippen LogP contribution is 2.33. The Labute approximate surface area is 101 Å². The second-order valence-electron chi connectivity index (χ2n) is 5.29. The predicted molar refractivity (Wildman–Crippen MR) is 68.2 cm³/mol. The monoisotopic (exact) mass is 227 g/mol. The van der Waals surface area contributed by atoms with Gasteiger partial charge in [-0.15, -0.1) is 0 Å². The van der Waals surface area contributed by atoms with E-state index in [4.69, 9.17) is 4.42 Å². The summed E-state index contributed by atoms with van der Waals surface area (Å²) in [7, 11) is 0. The van der Waals surface area contributed by atoms with E-state index in [-0.39, 0.29) is 0 Å². The zero-order chi connectivity index (χ0) is 11.2. The number of hydrogen-bond acceptors (Lipinski definition) is 2. The van der Waals surface area contributed by atoms with Crippen molar-refractivity contribution in [3.05, 3.63) is 35.6 Å². The molecule has 0 saturated carbocycles. The maximum atomic E-state index is 6.01. The third kappa shape index (κ3) is 1.44. The Morgan fingerprint density at radius 1 is 1.18 bits per heavy atom. The molecular formula is C15H17NO. The molecule has 0 bridgehead atoms. The summed E-state index contributed by atoms with van der Waals surface area (Å²) in [5.74, 6) is 1.24. The third-order valence-corrected chi connectivity index (χ3v) is 4.35. The van der Waals surface area contributed by atoms with Crippen LogP contribution in [0.4, 0.5) is 0 Å². The Kier molecular flexibility index (Phi) is 2.06. The second-order valence-corrected chi connectivity index (χ2v) is 5.29. The molecule has 0 spiro atoms. The molecule has 0 aliphatic carbocycles. The summed E-state index contributed by atoms with van der Waals surface area (Å²) < 4.78 is 6.01. The van der Waals surface area contributed by atoms with E-state index in [9.17, 15) is 0 Å². The van der Waals surface area contributed by atoms with E-state index in [0.29, 0.717) is 0 Å². The van der Waals surface area contributed by atoms with Crippen LogP contribution in [0.15, 0.2) is 28.7 Å². The number of furan rings is 1. The van der Waals surface area contributed by atoms with Gasteiger partial charge >= 0.3 is 0 Å². The minimum atomic E-state index is 0.761. The van der Waals surface area contributed by atoms with Crippen molar-refractivity contribution in [1.29, 1.82) is 0 Å².